The Morgan fingerprint density at radius 2 is 1.87 bits per heavy atom. The van der Waals surface area contributed by atoms with E-state index in [1.165, 1.54) is 12.1 Å². The minimum atomic E-state index is -4.45. The maximum Gasteiger partial charge on any atom is 0.417 e. The SMILES string of the molecule is CNc1ncc2cc(-c3cc(N)ccc3C(F)(F)F)ccc2n1. The van der Waals surface area contributed by atoms with E-state index in [0.29, 0.717) is 22.4 Å². The van der Waals surface area contributed by atoms with Crippen LogP contribution in [-0.4, -0.2) is 17.0 Å². The number of nitrogens with one attached hydrogen (secondary N) is 1. The third-order valence-electron chi connectivity index (χ3n) is 3.46. The van der Waals surface area contributed by atoms with Crippen molar-refractivity contribution in [3.8, 4) is 11.1 Å². The maximum atomic E-state index is 13.2. The molecule has 0 saturated heterocycles. The first kappa shape index (κ1) is 15.1. The Morgan fingerprint density at radius 1 is 1.09 bits per heavy atom. The molecule has 23 heavy (non-hydrogen) atoms. The number of nitrogen functional groups attached to an aromatic ring is 1. The third kappa shape index (κ3) is 2.90. The molecule has 0 unspecified atom stereocenters. The van der Waals surface area contributed by atoms with Crippen molar-refractivity contribution in [3.05, 3.63) is 48.2 Å². The molecule has 3 rings (SSSR count). The smallest absolute Gasteiger partial charge is 0.399 e. The summed E-state index contributed by atoms with van der Waals surface area (Å²) in [4.78, 5) is 8.33. The van der Waals surface area contributed by atoms with Crippen LogP contribution in [-0.2, 0) is 6.18 Å². The second kappa shape index (κ2) is 5.42. The molecule has 7 heteroatoms. The normalized spacial score (nSPS) is 11.7. The molecule has 3 aromatic rings. The Labute approximate surface area is 130 Å². The van der Waals surface area contributed by atoms with Gasteiger partial charge in [0, 0.05) is 24.3 Å². The van der Waals surface area contributed by atoms with Crippen LogP contribution >= 0.6 is 0 Å². The second-order valence-electron chi connectivity index (χ2n) is 5.02. The molecular formula is C16H13F3N4. The highest BCUT2D eigenvalue weighted by Gasteiger charge is 2.33. The molecule has 1 heterocycles. The van der Waals surface area contributed by atoms with Gasteiger partial charge in [0.15, 0.2) is 0 Å². The maximum absolute atomic E-state index is 13.2. The monoisotopic (exact) mass is 318 g/mol. The van der Waals surface area contributed by atoms with Crippen molar-refractivity contribution in [2.75, 3.05) is 18.1 Å². The summed E-state index contributed by atoms with van der Waals surface area (Å²) in [5.74, 6) is 0.449. The summed E-state index contributed by atoms with van der Waals surface area (Å²) in [5.41, 5.74) is 6.31. The summed E-state index contributed by atoms with van der Waals surface area (Å²) in [6.07, 6.45) is -2.89. The van der Waals surface area contributed by atoms with Crippen molar-refractivity contribution in [2.24, 2.45) is 0 Å². The number of hydrogen-bond donors (Lipinski definition) is 2. The molecule has 0 fully saturated rings. The molecule has 0 radical (unpaired) electrons. The van der Waals surface area contributed by atoms with Crippen molar-refractivity contribution >= 4 is 22.5 Å². The van der Waals surface area contributed by atoms with Crippen molar-refractivity contribution in [3.63, 3.8) is 0 Å². The number of hydrogen-bond acceptors (Lipinski definition) is 4. The fourth-order valence-electron chi connectivity index (χ4n) is 2.37. The van der Waals surface area contributed by atoms with E-state index in [9.17, 15) is 13.2 Å². The number of rotatable bonds is 2. The van der Waals surface area contributed by atoms with Gasteiger partial charge in [-0.3, -0.25) is 0 Å². The van der Waals surface area contributed by atoms with E-state index in [2.05, 4.69) is 15.3 Å². The molecule has 2 aromatic carbocycles. The lowest BCUT2D eigenvalue weighted by Crippen LogP contribution is -2.07. The summed E-state index contributed by atoms with van der Waals surface area (Å²) in [6.45, 7) is 0. The lowest BCUT2D eigenvalue weighted by Gasteiger charge is -2.14. The zero-order chi connectivity index (χ0) is 16.6. The van der Waals surface area contributed by atoms with Gasteiger partial charge in [-0.2, -0.15) is 13.2 Å². The van der Waals surface area contributed by atoms with Crippen molar-refractivity contribution in [2.45, 2.75) is 6.18 Å². The Hall–Kier alpha value is -2.83. The number of aromatic nitrogens is 2. The van der Waals surface area contributed by atoms with Gasteiger partial charge in [0.05, 0.1) is 11.1 Å². The highest BCUT2D eigenvalue weighted by atomic mass is 19.4. The van der Waals surface area contributed by atoms with Crippen LogP contribution in [0, 0.1) is 0 Å². The van der Waals surface area contributed by atoms with Gasteiger partial charge < -0.3 is 11.1 Å². The molecule has 118 valence electrons. The Kier molecular flexibility index (Phi) is 3.55. The van der Waals surface area contributed by atoms with E-state index in [1.807, 2.05) is 0 Å². The van der Waals surface area contributed by atoms with Crippen molar-refractivity contribution in [1.29, 1.82) is 0 Å². The first-order valence-electron chi connectivity index (χ1n) is 6.80. The van der Waals surface area contributed by atoms with E-state index in [1.54, 1.807) is 31.4 Å². The molecule has 3 N–H and O–H groups in total. The number of halogens is 3. The van der Waals surface area contributed by atoms with Crippen LogP contribution in [0.4, 0.5) is 24.8 Å². The average molecular weight is 318 g/mol. The summed E-state index contributed by atoms with van der Waals surface area (Å²) in [5, 5.41) is 3.46. The molecule has 0 amide bonds. The van der Waals surface area contributed by atoms with E-state index in [-0.39, 0.29) is 11.3 Å². The Balaban J connectivity index is 2.19. The predicted octanol–water partition coefficient (Wildman–Crippen LogP) is 3.94. The van der Waals surface area contributed by atoms with Gasteiger partial charge >= 0.3 is 6.18 Å². The van der Waals surface area contributed by atoms with Gasteiger partial charge in [0.1, 0.15) is 0 Å². The highest BCUT2D eigenvalue weighted by Crippen LogP contribution is 2.38. The molecular weight excluding hydrogens is 305 g/mol. The van der Waals surface area contributed by atoms with Crippen LogP contribution in [0.5, 0.6) is 0 Å². The second-order valence-corrected chi connectivity index (χ2v) is 5.02. The molecule has 1 aromatic heterocycles. The molecule has 0 aliphatic carbocycles. The molecule has 4 nitrogen and oxygen atoms in total. The summed E-state index contributed by atoms with van der Waals surface area (Å²) in [6, 6.07) is 8.45. The van der Waals surface area contributed by atoms with Gasteiger partial charge in [-0.25, -0.2) is 9.97 Å². The third-order valence-corrected chi connectivity index (χ3v) is 3.46. The quantitative estimate of drug-likeness (QED) is 0.703. The van der Waals surface area contributed by atoms with Crippen LogP contribution in [0.3, 0.4) is 0 Å². The summed E-state index contributed by atoms with van der Waals surface area (Å²) in [7, 11) is 1.69. The van der Waals surface area contributed by atoms with Crippen LogP contribution in [0.2, 0.25) is 0 Å². The topological polar surface area (TPSA) is 63.8 Å². The van der Waals surface area contributed by atoms with Crippen molar-refractivity contribution < 1.29 is 13.2 Å². The predicted molar refractivity (Wildman–Crippen MR) is 83.9 cm³/mol. The molecule has 0 saturated carbocycles. The van der Waals surface area contributed by atoms with Gasteiger partial charge in [-0.15, -0.1) is 0 Å². The summed E-state index contributed by atoms with van der Waals surface area (Å²) < 4.78 is 39.6. The molecule has 0 atom stereocenters. The van der Waals surface area contributed by atoms with E-state index in [0.717, 1.165) is 6.07 Å². The van der Waals surface area contributed by atoms with Gasteiger partial charge in [-0.1, -0.05) is 6.07 Å². The number of anilines is 2. The van der Waals surface area contributed by atoms with Crippen LogP contribution < -0.4 is 11.1 Å². The Morgan fingerprint density at radius 3 is 2.57 bits per heavy atom. The minimum absolute atomic E-state index is 0.0390. The molecule has 0 spiro atoms. The molecule has 0 aliphatic rings. The van der Waals surface area contributed by atoms with E-state index >= 15 is 0 Å². The number of nitrogens with two attached hydrogens (primary N) is 1. The highest BCUT2D eigenvalue weighted by molar-refractivity contribution is 5.86. The van der Waals surface area contributed by atoms with Gasteiger partial charge in [0.25, 0.3) is 0 Å². The van der Waals surface area contributed by atoms with Crippen molar-refractivity contribution in [1.82, 2.24) is 9.97 Å². The lowest BCUT2D eigenvalue weighted by molar-refractivity contribution is -0.137. The number of nitrogens with zero attached hydrogens (tertiary/aromatic N) is 2. The minimum Gasteiger partial charge on any atom is -0.399 e. The van der Waals surface area contributed by atoms with Crippen LogP contribution in [0.15, 0.2) is 42.6 Å². The summed E-state index contributed by atoms with van der Waals surface area (Å²) >= 11 is 0. The molecule has 0 aliphatic heterocycles. The number of benzene rings is 2. The largest absolute Gasteiger partial charge is 0.417 e. The fourth-order valence-corrected chi connectivity index (χ4v) is 2.37. The van der Waals surface area contributed by atoms with Gasteiger partial charge in [-0.05, 0) is 41.5 Å². The average Bonchev–Trinajstić information content (AvgIpc) is 2.52. The standard InChI is InChI=1S/C16H13F3N4/c1-21-15-22-8-10-6-9(2-5-14(10)23-15)12-7-11(20)3-4-13(12)16(17,18)19/h2-8H,20H2,1H3,(H,21,22,23). The number of fused-ring (bicyclic) bond motifs is 1. The molecule has 0 bridgehead atoms. The zero-order valence-corrected chi connectivity index (χ0v) is 12.1. The van der Waals surface area contributed by atoms with Gasteiger partial charge in [0.2, 0.25) is 5.95 Å². The van der Waals surface area contributed by atoms with E-state index < -0.39 is 11.7 Å². The first-order valence-corrected chi connectivity index (χ1v) is 6.80. The lowest BCUT2D eigenvalue weighted by atomic mass is 9.97. The van der Waals surface area contributed by atoms with Crippen LogP contribution in [0.1, 0.15) is 5.56 Å². The van der Waals surface area contributed by atoms with E-state index in [4.69, 9.17) is 5.73 Å². The fraction of sp³-hybridized carbons (Fsp3) is 0.125. The zero-order valence-electron chi connectivity index (χ0n) is 12.1. The Bertz CT molecular complexity index is 875. The van der Waals surface area contributed by atoms with Crippen LogP contribution in [0.25, 0.3) is 22.0 Å². The number of alkyl halides is 3. The first-order chi connectivity index (χ1) is 10.9.